The van der Waals surface area contributed by atoms with E-state index in [4.69, 9.17) is 23.2 Å². The minimum Gasteiger partial charge on any atom is -0.326 e. The van der Waals surface area contributed by atoms with Gasteiger partial charge in [-0.05, 0) is 31.0 Å². The lowest BCUT2D eigenvalue weighted by Gasteiger charge is -2.08. The number of rotatable bonds is 4. The van der Waals surface area contributed by atoms with Crippen LogP contribution in [-0.2, 0) is 9.59 Å². The number of anilines is 1. The fourth-order valence-corrected chi connectivity index (χ4v) is 3.26. The fraction of sp³-hybridized carbons (Fsp3) is 0.357. The van der Waals surface area contributed by atoms with Gasteiger partial charge < -0.3 is 10.6 Å². The molecule has 2 fully saturated rings. The predicted octanol–water partition coefficient (Wildman–Crippen LogP) is 3.07. The van der Waals surface area contributed by atoms with Gasteiger partial charge in [-0.15, -0.1) is 0 Å². The van der Waals surface area contributed by atoms with Crippen molar-refractivity contribution in [3.8, 4) is 0 Å². The van der Waals surface area contributed by atoms with Gasteiger partial charge in [-0.3, -0.25) is 14.6 Å². The number of amides is 2. The minimum atomic E-state index is -0.444. The number of benzene rings is 1. The van der Waals surface area contributed by atoms with Crippen LogP contribution in [0.15, 0.2) is 23.2 Å². The summed E-state index contributed by atoms with van der Waals surface area (Å²) in [5.74, 6) is -0.424. The fourth-order valence-electron chi connectivity index (χ4n) is 1.92. The molecule has 0 aromatic heterocycles. The molecule has 1 saturated carbocycles. The molecule has 8 heteroatoms. The Hall–Kier alpha value is -1.24. The summed E-state index contributed by atoms with van der Waals surface area (Å²) in [5, 5.41) is 6.40. The van der Waals surface area contributed by atoms with Gasteiger partial charge in [0.1, 0.15) is 5.25 Å². The number of hydrogen-bond donors (Lipinski definition) is 2. The zero-order valence-corrected chi connectivity index (χ0v) is 13.8. The van der Waals surface area contributed by atoms with E-state index in [2.05, 4.69) is 15.6 Å². The SMILES string of the molecule is O=C(C[C@H]1SC(=NC2CC2)NC1=O)Nc1ccc(Cl)c(Cl)c1. The molecule has 1 aliphatic heterocycles. The van der Waals surface area contributed by atoms with Gasteiger partial charge in [-0.1, -0.05) is 35.0 Å². The predicted molar refractivity (Wildman–Crippen MR) is 89.7 cm³/mol. The number of halogens is 2. The van der Waals surface area contributed by atoms with Crippen LogP contribution in [0.5, 0.6) is 0 Å². The summed E-state index contributed by atoms with van der Waals surface area (Å²) in [4.78, 5) is 28.3. The van der Waals surface area contributed by atoms with Crippen LogP contribution >= 0.6 is 35.0 Å². The molecule has 22 heavy (non-hydrogen) atoms. The van der Waals surface area contributed by atoms with Crippen LogP contribution in [0.1, 0.15) is 19.3 Å². The molecule has 116 valence electrons. The smallest absolute Gasteiger partial charge is 0.240 e. The van der Waals surface area contributed by atoms with Crippen LogP contribution < -0.4 is 10.6 Å². The van der Waals surface area contributed by atoms with Gasteiger partial charge in [0, 0.05) is 12.1 Å². The van der Waals surface area contributed by atoms with Crippen LogP contribution in [0.25, 0.3) is 0 Å². The number of hydrogen-bond acceptors (Lipinski definition) is 4. The first-order chi connectivity index (χ1) is 10.5. The third kappa shape index (κ3) is 3.94. The number of amidine groups is 1. The van der Waals surface area contributed by atoms with Crippen LogP contribution in [0.2, 0.25) is 10.0 Å². The van der Waals surface area contributed by atoms with Gasteiger partial charge in [-0.2, -0.15) is 0 Å². The van der Waals surface area contributed by atoms with Gasteiger partial charge in [0.15, 0.2) is 5.17 Å². The quantitative estimate of drug-likeness (QED) is 0.869. The van der Waals surface area contributed by atoms with Crippen molar-refractivity contribution in [3.63, 3.8) is 0 Å². The number of thioether (sulfide) groups is 1. The van der Waals surface area contributed by atoms with E-state index in [-0.39, 0.29) is 18.2 Å². The van der Waals surface area contributed by atoms with Crippen molar-refractivity contribution in [1.29, 1.82) is 0 Å². The maximum absolute atomic E-state index is 12.0. The van der Waals surface area contributed by atoms with Gasteiger partial charge in [0.25, 0.3) is 0 Å². The Morgan fingerprint density at radius 3 is 2.82 bits per heavy atom. The average molecular weight is 358 g/mol. The van der Waals surface area contributed by atoms with E-state index < -0.39 is 5.25 Å². The largest absolute Gasteiger partial charge is 0.326 e. The molecular weight excluding hydrogens is 345 g/mol. The summed E-state index contributed by atoms with van der Waals surface area (Å²) in [7, 11) is 0. The summed E-state index contributed by atoms with van der Waals surface area (Å²) < 4.78 is 0. The van der Waals surface area contributed by atoms with Crippen molar-refractivity contribution in [1.82, 2.24) is 5.32 Å². The van der Waals surface area contributed by atoms with E-state index in [1.807, 2.05) is 0 Å². The summed E-state index contributed by atoms with van der Waals surface area (Å²) >= 11 is 13.0. The molecule has 0 unspecified atom stereocenters. The average Bonchev–Trinajstić information content (AvgIpc) is 3.19. The van der Waals surface area contributed by atoms with Crippen molar-refractivity contribution in [2.24, 2.45) is 4.99 Å². The van der Waals surface area contributed by atoms with E-state index in [9.17, 15) is 9.59 Å². The number of carbonyl (C=O) groups is 2. The lowest BCUT2D eigenvalue weighted by Crippen LogP contribution is -2.28. The van der Waals surface area contributed by atoms with Crippen molar-refractivity contribution in [2.75, 3.05) is 5.32 Å². The first-order valence-corrected chi connectivity index (χ1v) is 8.45. The molecule has 1 aromatic rings. The maximum atomic E-state index is 12.0. The molecule has 1 saturated heterocycles. The molecule has 1 aromatic carbocycles. The molecule has 5 nitrogen and oxygen atoms in total. The monoisotopic (exact) mass is 357 g/mol. The summed E-state index contributed by atoms with van der Waals surface area (Å²) in [5.41, 5.74) is 0.551. The number of nitrogens with zero attached hydrogens (tertiary/aromatic N) is 1. The van der Waals surface area contributed by atoms with Gasteiger partial charge in [-0.25, -0.2) is 0 Å². The highest BCUT2D eigenvalue weighted by Crippen LogP contribution is 2.29. The highest BCUT2D eigenvalue weighted by Gasteiger charge is 2.33. The Morgan fingerprint density at radius 2 is 2.14 bits per heavy atom. The number of carbonyl (C=O) groups excluding carboxylic acids is 2. The number of nitrogens with one attached hydrogen (secondary N) is 2. The molecule has 2 aliphatic rings. The van der Waals surface area contributed by atoms with Gasteiger partial charge in [0.2, 0.25) is 11.8 Å². The lowest BCUT2D eigenvalue weighted by atomic mass is 10.2. The topological polar surface area (TPSA) is 70.6 Å². The third-order valence-corrected chi connectivity index (χ3v) is 5.03. The van der Waals surface area contributed by atoms with Crippen LogP contribution in [-0.4, -0.2) is 28.3 Å². The molecule has 1 aliphatic carbocycles. The molecule has 1 atom stereocenters. The first kappa shape index (κ1) is 15.6. The molecular formula is C14H13Cl2N3O2S. The second kappa shape index (κ2) is 6.48. The second-order valence-corrected chi connectivity index (χ2v) is 7.15. The zero-order valence-electron chi connectivity index (χ0n) is 11.4. The summed E-state index contributed by atoms with van der Waals surface area (Å²) in [6, 6.07) is 5.18. The zero-order chi connectivity index (χ0) is 15.7. The second-order valence-electron chi connectivity index (χ2n) is 5.14. The van der Waals surface area contributed by atoms with E-state index in [1.54, 1.807) is 18.2 Å². The summed E-state index contributed by atoms with van der Waals surface area (Å²) in [6.07, 6.45) is 2.23. The summed E-state index contributed by atoms with van der Waals surface area (Å²) in [6.45, 7) is 0. The maximum Gasteiger partial charge on any atom is 0.240 e. The number of aliphatic imine (C=N–C) groups is 1. The third-order valence-electron chi connectivity index (χ3n) is 3.20. The Morgan fingerprint density at radius 1 is 1.36 bits per heavy atom. The normalized spacial score (nSPS) is 22.7. The molecule has 2 amide bonds. The van der Waals surface area contributed by atoms with E-state index >= 15 is 0 Å². The van der Waals surface area contributed by atoms with Crippen molar-refractivity contribution in [3.05, 3.63) is 28.2 Å². The molecule has 1 heterocycles. The van der Waals surface area contributed by atoms with Crippen molar-refractivity contribution in [2.45, 2.75) is 30.6 Å². The Kier molecular flexibility index (Phi) is 4.61. The van der Waals surface area contributed by atoms with Gasteiger partial charge in [0.05, 0.1) is 16.1 Å². The van der Waals surface area contributed by atoms with Crippen LogP contribution in [0.3, 0.4) is 0 Å². The molecule has 2 N–H and O–H groups in total. The van der Waals surface area contributed by atoms with E-state index in [1.165, 1.54) is 11.8 Å². The molecule has 0 radical (unpaired) electrons. The van der Waals surface area contributed by atoms with Gasteiger partial charge >= 0.3 is 0 Å². The minimum absolute atomic E-state index is 0.0838. The Labute approximate surface area is 141 Å². The Balaban J connectivity index is 1.57. The van der Waals surface area contributed by atoms with E-state index in [0.717, 1.165) is 12.8 Å². The van der Waals surface area contributed by atoms with Crippen molar-refractivity contribution >= 4 is 57.6 Å². The first-order valence-electron chi connectivity index (χ1n) is 6.81. The lowest BCUT2D eigenvalue weighted by molar-refractivity contribution is -0.122. The molecule has 0 bridgehead atoms. The Bertz CT molecular complexity index is 661. The highest BCUT2D eigenvalue weighted by atomic mass is 35.5. The van der Waals surface area contributed by atoms with Crippen LogP contribution in [0, 0.1) is 0 Å². The highest BCUT2D eigenvalue weighted by molar-refractivity contribution is 8.15. The van der Waals surface area contributed by atoms with Crippen LogP contribution in [0.4, 0.5) is 5.69 Å². The van der Waals surface area contributed by atoms with E-state index in [0.29, 0.717) is 26.9 Å². The van der Waals surface area contributed by atoms with Crippen molar-refractivity contribution < 1.29 is 9.59 Å². The molecule has 0 spiro atoms. The molecule has 3 rings (SSSR count). The standard InChI is InChI=1S/C14H13Cl2N3O2S/c15-9-4-3-8(5-10(9)16)17-12(20)6-11-13(21)19-14(22-11)18-7-1-2-7/h3-5,7,11H,1-2,6H2,(H,17,20)(H,18,19,21)/t11-/m1/s1.